The third-order valence-corrected chi connectivity index (χ3v) is 5.00. The van der Waals surface area contributed by atoms with Crippen LogP contribution in [0.25, 0.3) is 0 Å². The van der Waals surface area contributed by atoms with E-state index in [1.54, 1.807) is 12.1 Å². The van der Waals surface area contributed by atoms with Gasteiger partial charge in [0.05, 0.1) is 21.4 Å². The second-order valence-electron chi connectivity index (χ2n) is 4.82. The number of thiophene rings is 1. The highest BCUT2D eigenvalue weighted by atomic mass is 35.5. The number of fused-ring (bicyclic) bond motifs is 1. The molecule has 1 aromatic rings. The van der Waals surface area contributed by atoms with Crippen LogP contribution in [0.5, 0.6) is 0 Å². The van der Waals surface area contributed by atoms with Crippen molar-refractivity contribution < 1.29 is 9.53 Å². The van der Waals surface area contributed by atoms with E-state index in [1.807, 2.05) is 0 Å². The van der Waals surface area contributed by atoms with Crippen molar-refractivity contribution in [2.75, 3.05) is 6.61 Å². The average Bonchev–Trinajstić information content (AvgIpc) is 2.82. The summed E-state index contributed by atoms with van der Waals surface area (Å²) in [6.07, 6.45) is 2.26. The fourth-order valence-corrected chi connectivity index (χ4v) is 3.73. The van der Waals surface area contributed by atoms with E-state index in [0.717, 1.165) is 19.4 Å². The molecule has 1 aliphatic carbocycles. The topological polar surface area (TPSA) is 64.3 Å². The molecule has 98 valence electrons. The minimum Gasteiger partial charge on any atom is -0.376 e. The lowest BCUT2D eigenvalue weighted by molar-refractivity contribution is -0.117. The SMILES string of the molecule is NC1C2CCCOC2C1NC(=O)c1ccc(Cl)s1. The van der Waals surface area contributed by atoms with Gasteiger partial charge in [0.1, 0.15) is 0 Å². The van der Waals surface area contributed by atoms with Crippen LogP contribution in [0.2, 0.25) is 4.34 Å². The Labute approximate surface area is 114 Å². The number of hydrogen-bond acceptors (Lipinski definition) is 4. The van der Waals surface area contributed by atoms with Crippen molar-refractivity contribution in [1.82, 2.24) is 5.32 Å². The van der Waals surface area contributed by atoms with Gasteiger partial charge in [0.2, 0.25) is 0 Å². The van der Waals surface area contributed by atoms with Gasteiger partial charge in [-0.1, -0.05) is 11.6 Å². The summed E-state index contributed by atoms with van der Waals surface area (Å²) in [6.45, 7) is 0.769. The number of hydrogen-bond donors (Lipinski definition) is 2. The van der Waals surface area contributed by atoms with Gasteiger partial charge in [-0.15, -0.1) is 11.3 Å². The largest absolute Gasteiger partial charge is 0.376 e. The van der Waals surface area contributed by atoms with Crippen molar-refractivity contribution in [3.63, 3.8) is 0 Å². The number of nitrogens with one attached hydrogen (secondary N) is 1. The summed E-state index contributed by atoms with van der Waals surface area (Å²) in [5, 5.41) is 2.96. The molecule has 4 nitrogen and oxygen atoms in total. The Hall–Kier alpha value is -0.620. The predicted molar refractivity (Wildman–Crippen MR) is 71.0 cm³/mol. The number of halogens is 1. The summed E-state index contributed by atoms with van der Waals surface area (Å²) in [5.74, 6) is 0.288. The van der Waals surface area contributed by atoms with Gasteiger partial charge in [-0.3, -0.25) is 4.79 Å². The first kappa shape index (κ1) is 12.4. The second-order valence-corrected chi connectivity index (χ2v) is 6.54. The highest BCUT2D eigenvalue weighted by Crippen LogP contribution is 2.37. The number of carbonyl (C=O) groups excluding carboxylic acids is 1. The lowest BCUT2D eigenvalue weighted by atomic mass is 9.68. The maximum absolute atomic E-state index is 12.0. The fourth-order valence-electron chi connectivity index (χ4n) is 2.78. The minimum absolute atomic E-state index is 0.00897. The van der Waals surface area contributed by atoms with Crippen LogP contribution in [0.3, 0.4) is 0 Å². The summed E-state index contributed by atoms with van der Waals surface area (Å²) in [7, 11) is 0. The van der Waals surface area contributed by atoms with Gasteiger partial charge in [0, 0.05) is 18.6 Å². The number of carbonyl (C=O) groups is 1. The molecule has 2 fully saturated rings. The average molecular weight is 287 g/mol. The van der Waals surface area contributed by atoms with Crippen molar-refractivity contribution in [2.24, 2.45) is 11.7 Å². The molecule has 0 aromatic carbocycles. The van der Waals surface area contributed by atoms with Gasteiger partial charge in [-0.25, -0.2) is 0 Å². The summed E-state index contributed by atoms with van der Waals surface area (Å²) < 4.78 is 6.30. The molecule has 1 amide bonds. The Balaban J connectivity index is 1.64. The van der Waals surface area contributed by atoms with Crippen LogP contribution in [0, 0.1) is 5.92 Å². The van der Waals surface area contributed by atoms with Gasteiger partial charge in [-0.05, 0) is 25.0 Å². The zero-order chi connectivity index (χ0) is 12.7. The molecule has 1 aliphatic heterocycles. The van der Waals surface area contributed by atoms with Crippen LogP contribution in [-0.4, -0.2) is 30.7 Å². The zero-order valence-electron chi connectivity index (χ0n) is 9.77. The molecule has 6 heteroatoms. The first-order valence-corrected chi connectivity index (χ1v) is 7.29. The van der Waals surface area contributed by atoms with Crippen molar-refractivity contribution in [2.45, 2.75) is 31.0 Å². The molecule has 3 rings (SSSR count). The van der Waals surface area contributed by atoms with Gasteiger partial charge in [0.15, 0.2) is 0 Å². The Bertz CT molecular complexity index is 465. The van der Waals surface area contributed by atoms with E-state index in [-0.39, 0.29) is 24.1 Å². The molecule has 0 bridgehead atoms. The van der Waals surface area contributed by atoms with Gasteiger partial charge < -0.3 is 15.8 Å². The lowest BCUT2D eigenvalue weighted by Gasteiger charge is -2.52. The molecule has 1 saturated carbocycles. The Morgan fingerprint density at radius 2 is 2.39 bits per heavy atom. The maximum Gasteiger partial charge on any atom is 0.261 e. The fraction of sp³-hybridized carbons (Fsp3) is 0.583. The van der Waals surface area contributed by atoms with Crippen LogP contribution in [0.4, 0.5) is 0 Å². The molecule has 0 spiro atoms. The number of ether oxygens (including phenoxy) is 1. The molecule has 4 unspecified atom stereocenters. The molecular formula is C12H15ClN2O2S. The van der Waals surface area contributed by atoms with E-state index in [1.165, 1.54) is 11.3 Å². The van der Waals surface area contributed by atoms with Crippen molar-refractivity contribution in [1.29, 1.82) is 0 Å². The summed E-state index contributed by atoms with van der Waals surface area (Å²) in [4.78, 5) is 12.6. The number of rotatable bonds is 2. The summed E-state index contributed by atoms with van der Waals surface area (Å²) in [6, 6.07) is 3.39. The van der Waals surface area contributed by atoms with E-state index in [4.69, 9.17) is 22.1 Å². The Morgan fingerprint density at radius 1 is 1.56 bits per heavy atom. The smallest absolute Gasteiger partial charge is 0.261 e. The molecule has 18 heavy (non-hydrogen) atoms. The molecule has 3 N–H and O–H groups in total. The van der Waals surface area contributed by atoms with E-state index < -0.39 is 0 Å². The van der Waals surface area contributed by atoms with E-state index in [9.17, 15) is 4.79 Å². The Morgan fingerprint density at radius 3 is 3.11 bits per heavy atom. The maximum atomic E-state index is 12.0. The van der Waals surface area contributed by atoms with Crippen LogP contribution in [0.15, 0.2) is 12.1 Å². The molecular weight excluding hydrogens is 272 g/mol. The standard InChI is InChI=1S/C12H15ClN2O2S/c13-8-4-3-7(18-8)12(16)15-10-9(14)6-2-1-5-17-11(6)10/h3-4,6,9-11H,1-2,5,14H2,(H,15,16). The lowest BCUT2D eigenvalue weighted by Crippen LogP contribution is -2.72. The van der Waals surface area contributed by atoms with Gasteiger partial charge in [-0.2, -0.15) is 0 Å². The molecule has 2 aliphatic rings. The summed E-state index contributed by atoms with van der Waals surface area (Å²) in [5.41, 5.74) is 6.09. The molecule has 4 atom stereocenters. The van der Waals surface area contributed by atoms with Crippen molar-refractivity contribution >= 4 is 28.8 Å². The summed E-state index contributed by atoms with van der Waals surface area (Å²) >= 11 is 7.09. The van der Waals surface area contributed by atoms with Crippen LogP contribution in [-0.2, 0) is 4.74 Å². The third-order valence-electron chi connectivity index (χ3n) is 3.77. The predicted octanol–water partition coefficient (Wildman–Crippen LogP) is 1.64. The monoisotopic (exact) mass is 286 g/mol. The van der Waals surface area contributed by atoms with E-state index >= 15 is 0 Å². The second kappa shape index (κ2) is 4.81. The van der Waals surface area contributed by atoms with Crippen molar-refractivity contribution in [3.05, 3.63) is 21.3 Å². The van der Waals surface area contributed by atoms with E-state index in [0.29, 0.717) is 15.1 Å². The van der Waals surface area contributed by atoms with Crippen LogP contribution >= 0.6 is 22.9 Å². The van der Waals surface area contributed by atoms with Crippen LogP contribution < -0.4 is 11.1 Å². The normalized spacial score (nSPS) is 34.6. The minimum atomic E-state index is -0.111. The first-order chi connectivity index (χ1) is 8.66. The third kappa shape index (κ3) is 2.05. The molecule has 1 saturated heterocycles. The molecule has 0 radical (unpaired) electrons. The number of nitrogens with two attached hydrogens (primary N) is 1. The molecule has 2 heterocycles. The zero-order valence-corrected chi connectivity index (χ0v) is 11.3. The van der Waals surface area contributed by atoms with Crippen molar-refractivity contribution in [3.8, 4) is 0 Å². The first-order valence-electron chi connectivity index (χ1n) is 6.10. The van der Waals surface area contributed by atoms with Gasteiger partial charge in [0.25, 0.3) is 5.91 Å². The quantitative estimate of drug-likeness (QED) is 0.869. The van der Waals surface area contributed by atoms with E-state index in [2.05, 4.69) is 5.32 Å². The number of amides is 1. The highest BCUT2D eigenvalue weighted by Gasteiger charge is 2.51. The highest BCUT2D eigenvalue weighted by molar-refractivity contribution is 7.17. The van der Waals surface area contributed by atoms with Gasteiger partial charge >= 0.3 is 0 Å². The Kier molecular flexibility index (Phi) is 3.32. The van der Waals surface area contributed by atoms with Crippen LogP contribution in [0.1, 0.15) is 22.5 Å². The molecule has 1 aromatic heterocycles.